The monoisotopic (exact) mass is 589 g/mol. The van der Waals surface area contributed by atoms with Crippen LogP contribution < -0.4 is 9.62 Å². The zero-order chi connectivity index (χ0) is 30.4. The quantitative estimate of drug-likeness (QED) is 0.318. The first-order chi connectivity index (χ1) is 19.3. The van der Waals surface area contributed by atoms with Crippen LogP contribution in [0.3, 0.4) is 0 Å². The molecule has 0 radical (unpaired) electrons. The lowest BCUT2D eigenvalue weighted by Gasteiger charge is -2.34. The van der Waals surface area contributed by atoms with Gasteiger partial charge in [0.25, 0.3) is 10.0 Å². The smallest absolute Gasteiger partial charge is 0.352 e. The van der Waals surface area contributed by atoms with Crippen LogP contribution in [-0.4, -0.2) is 43.8 Å². The summed E-state index contributed by atoms with van der Waals surface area (Å²) < 4.78 is 69.0. The van der Waals surface area contributed by atoms with E-state index in [1.54, 1.807) is 39.0 Å². The second-order valence-corrected chi connectivity index (χ2v) is 11.8. The summed E-state index contributed by atoms with van der Waals surface area (Å²) in [4.78, 5) is 28.3. The van der Waals surface area contributed by atoms with Crippen LogP contribution in [0.1, 0.15) is 43.9 Å². The van der Waals surface area contributed by atoms with Gasteiger partial charge in [0.1, 0.15) is 12.6 Å². The van der Waals surface area contributed by atoms with E-state index in [4.69, 9.17) is 0 Å². The summed E-state index contributed by atoms with van der Waals surface area (Å²) in [5, 5.41) is 2.81. The molecule has 11 heteroatoms. The van der Waals surface area contributed by atoms with Gasteiger partial charge in [-0.3, -0.25) is 13.9 Å². The van der Waals surface area contributed by atoms with Gasteiger partial charge in [0.05, 0.1) is 16.1 Å². The number of carbonyl (C=O) groups excluding carboxylic acids is 2. The molecule has 3 aromatic carbocycles. The first kappa shape index (κ1) is 31.7. The lowest BCUT2D eigenvalue weighted by atomic mass is 10.1. The van der Waals surface area contributed by atoms with Crippen molar-refractivity contribution in [3.8, 4) is 0 Å². The number of amides is 2. The maximum Gasteiger partial charge on any atom is 0.416 e. The highest BCUT2D eigenvalue weighted by molar-refractivity contribution is 7.92. The zero-order valence-electron chi connectivity index (χ0n) is 23.4. The molecule has 0 aliphatic rings. The maximum absolute atomic E-state index is 14.0. The Labute approximate surface area is 239 Å². The average Bonchev–Trinajstić information content (AvgIpc) is 2.92. The van der Waals surface area contributed by atoms with E-state index in [2.05, 4.69) is 5.32 Å². The van der Waals surface area contributed by atoms with Crippen molar-refractivity contribution in [1.82, 2.24) is 10.2 Å². The number of hydrogen-bond acceptors (Lipinski definition) is 4. The molecule has 0 spiro atoms. The van der Waals surface area contributed by atoms with Crippen molar-refractivity contribution in [3.63, 3.8) is 0 Å². The van der Waals surface area contributed by atoms with Crippen molar-refractivity contribution in [1.29, 1.82) is 0 Å². The Morgan fingerprint density at radius 3 is 2.15 bits per heavy atom. The number of carbonyl (C=O) groups is 2. The van der Waals surface area contributed by atoms with E-state index in [9.17, 15) is 31.2 Å². The molecule has 0 aliphatic carbocycles. The number of aryl methyl sites for hydroxylation is 1. The molecule has 0 aromatic heterocycles. The molecule has 0 fully saturated rings. The predicted molar refractivity (Wildman–Crippen MR) is 152 cm³/mol. The number of nitrogens with zero attached hydrogens (tertiary/aromatic N) is 2. The topological polar surface area (TPSA) is 86.8 Å². The molecule has 3 aromatic rings. The minimum absolute atomic E-state index is 0.00263. The summed E-state index contributed by atoms with van der Waals surface area (Å²) in [6, 6.07) is 17.1. The van der Waals surface area contributed by atoms with Crippen molar-refractivity contribution < 1.29 is 31.2 Å². The van der Waals surface area contributed by atoms with Gasteiger partial charge in [0.2, 0.25) is 11.8 Å². The van der Waals surface area contributed by atoms with E-state index in [0.29, 0.717) is 10.4 Å². The summed E-state index contributed by atoms with van der Waals surface area (Å²) in [5.41, 5.74) is 0.215. The first-order valence-corrected chi connectivity index (χ1v) is 14.6. The van der Waals surface area contributed by atoms with E-state index in [-0.39, 0.29) is 29.6 Å². The fourth-order valence-corrected chi connectivity index (χ4v) is 5.78. The van der Waals surface area contributed by atoms with E-state index in [1.807, 2.05) is 19.1 Å². The number of benzene rings is 3. The molecule has 0 unspecified atom stereocenters. The number of rotatable bonds is 11. The minimum Gasteiger partial charge on any atom is -0.352 e. The van der Waals surface area contributed by atoms with Crippen molar-refractivity contribution in [2.75, 3.05) is 10.8 Å². The van der Waals surface area contributed by atoms with Gasteiger partial charge in [-0.2, -0.15) is 13.2 Å². The largest absolute Gasteiger partial charge is 0.416 e. The summed E-state index contributed by atoms with van der Waals surface area (Å²) in [7, 11) is -4.48. The average molecular weight is 590 g/mol. The summed E-state index contributed by atoms with van der Waals surface area (Å²) in [5.74, 6) is -1.16. The number of sulfonamides is 1. The highest BCUT2D eigenvalue weighted by Crippen LogP contribution is 2.33. The Kier molecular flexibility index (Phi) is 10.2. The molecule has 0 bridgehead atoms. The molecule has 0 heterocycles. The van der Waals surface area contributed by atoms with E-state index < -0.39 is 46.2 Å². The number of hydrogen-bond donors (Lipinski definition) is 1. The molecule has 1 N–H and O–H groups in total. The third kappa shape index (κ3) is 7.87. The molecule has 0 saturated carbocycles. The summed E-state index contributed by atoms with van der Waals surface area (Å²) in [6.07, 6.45) is -4.51. The van der Waals surface area contributed by atoms with Crippen LogP contribution in [0.2, 0.25) is 0 Å². The highest BCUT2D eigenvalue weighted by atomic mass is 32.2. The van der Waals surface area contributed by atoms with Crippen LogP contribution in [0.4, 0.5) is 18.9 Å². The van der Waals surface area contributed by atoms with Gasteiger partial charge in [-0.1, -0.05) is 55.5 Å². The summed E-state index contributed by atoms with van der Waals surface area (Å²) in [6.45, 7) is 6.31. The zero-order valence-corrected chi connectivity index (χ0v) is 24.2. The Morgan fingerprint density at radius 2 is 1.56 bits per heavy atom. The third-order valence-electron chi connectivity index (χ3n) is 6.49. The second kappa shape index (κ2) is 13.2. The van der Waals surface area contributed by atoms with Crippen LogP contribution in [-0.2, 0) is 32.3 Å². The Hall–Kier alpha value is -3.86. The number of anilines is 1. The van der Waals surface area contributed by atoms with Crippen molar-refractivity contribution in [2.24, 2.45) is 0 Å². The molecule has 41 heavy (non-hydrogen) atoms. The number of nitrogens with one attached hydrogen (secondary N) is 1. The van der Waals surface area contributed by atoms with Crippen LogP contribution in [0, 0.1) is 6.92 Å². The molecule has 3 rings (SSSR count). The molecule has 0 aliphatic heterocycles. The van der Waals surface area contributed by atoms with Crippen LogP contribution in [0.15, 0.2) is 83.8 Å². The molecular formula is C30H34F3N3O4S. The lowest BCUT2D eigenvalue weighted by Crippen LogP contribution is -2.53. The lowest BCUT2D eigenvalue weighted by molar-refractivity contribution is -0.140. The van der Waals surface area contributed by atoms with Gasteiger partial charge in [0, 0.05) is 12.6 Å². The van der Waals surface area contributed by atoms with Gasteiger partial charge < -0.3 is 10.2 Å². The Morgan fingerprint density at radius 1 is 0.927 bits per heavy atom. The molecule has 1 atom stereocenters. The van der Waals surface area contributed by atoms with Crippen LogP contribution in [0.5, 0.6) is 0 Å². The Bertz CT molecular complexity index is 1460. The minimum atomic E-state index is -4.73. The first-order valence-electron chi connectivity index (χ1n) is 13.1. The number of halogens is 3. The molecule has 7 nitrogen and oxygen atoms in total. The fourth-order valence-electron chi connectivity index (χ4n) is 4.36. The van der Waals surface area contributed by atoms with E-state index >= 15 is 0 Å². The second-order valence-electron chi connectivity index (χ2n) is 9.91. The predicted octanol–water partition coefficient (Wildman–Crippen LogP) is 5.54. The van der Waals surface area contributed by atoms with Crippen LogP contribution in [0.25, 0.3) is 0 Å². The van der Waals surface area contributed by atoms with Gasteiger partial charge in [-0.05, 0) is 68.7 Å². The van der Waals surface area contributed by atoms with Crippen molar-refractivity contribution >= 4 is 27.5 Å². The van der Waals surface area contributed by atoms with Crippen LogP contribution >= 0.6 is 0 Å². The van der Waals surface area contributed by atoms with Gasteiger partial charge in [-0.15, -0.1) is 0 Å². The SMILES string of the molecule is CC[C@@H](C(=O)NC(C)C)N(Cc1ccccc1C)C(=O)CN(c1cccc(C(F)(F)F)c1)S(=O)(=O)c1ccccc1. The maximum atomic E-state index is 14.0. The molecular weight excluding hydrogens is 555 g/mol. The third-order valence-corrected chi connectivity index (χ3v) is 8.28. The summed E-state index contributed by atoms with van der Waals surface area (Å²) >= 11 is 0. The van der Waals surface area contributed by atoms with E-state index in [0.717, 1.165) is 23.3 Å². The fraction of sp³-hybridized carbons (Fsp3) is 0.333. The van der Waals surface area contributed by atoms with Crippen molar-refractivity contribution in [3.05, 3.63) is 95.6 Å². The molecule has 0 saturated heterocycles. The molecule has 2 amide bonds. The molecule has 220 valence electrons. The van der Waals surface area contributed by atoms with Gasteiger partial charge in [-0.25, -0.2) is 8.42 Å². The number of alkyl halides is 3. The van der Waals surface area contributed by atoms with Gasteiger partial charge in [0.15, 0.2) is 0 Å². The van der Waals surface area contributed by atoms with Crippen molar-refractivity contribution in [2.45, 2.75) is 63.8 Å². The Balaban J connectivity index is 2.12. The highest BCUT2D eigenvalue weighted by Gasteiger charge is 2.36. The van der Waals surface area contributed by atoms with Gasteiger partial charge >= 0.3 is 6.18 Å². The standard InChI is InChI=1S/C30H34F3N3O4S/c1-5-27(29(38)34-21(2)3)35(19-23-13-10-9-12-22(23)4)28(37)20-36(41(39,40)26-16-7-6-8-17-26)25-15-11-14-24(18-25)30(31,32)33/h6-18,21,27H,5,19-20H2,1-4H3,(H,34,38)/t27-/m0/s1. The van der Waals surface area contributed by atoms with E-state index in [1.165, 1.54) is 35.2 Å². The normalized spacial score (nSPS) is 12.6.